The van der Waals surface area contributed by atoms with Crippen molar-refractivity contribution in [2.75, 3.05) is 13.1 Å². The fourth-order valence-electron chi connectivity index (χ4n) is 2.28. The third kappa shape index (κ3) is 3.35. The summed E-state index contributed by atoms with van der Waals surface area (Å²) in [7, 11) is 0. The highest BCUT2D eigenvalue weighted by Crippen LogP contribution is 2.14. The molecule has 4 nitrogen and oxygen atoms in total. The highest BCUT2D eigenvalue weighted by Gasteiger charge is 2.15. The Kier molecular flexibility index (Phi) is 5.41. The van der Waals surface area contributed by atoms with E-state index < -0.39 is 0 Å². The molecule has 18 heavy (non-hydrogen) atoms. The monoisotopic (exact) mass is 251 g/mol. The third-order valence-corrected chi connectivity index (χ3v) is 3.26. The number of nitrogens with zero attached hydrogens (tertiary/aromatic N) is 1. The molecule has 0 saturated heterocycles. The van der Waals surface area contributed by atoms with Crippen molar-refractivity contribution in [2.24, 2.45) is 0 Å². The topological polar surface area (TPSA) is 46.1 Å². The zero-order chi connectivity index (χ0) is 13.7. The predicted octanol–water partition coefficient (Wildman–Crippen LogP) is 1.85. The zero-order valence-corrected chi connectivity index (χ0v) is 12.1. The van der Waals surface area contributed by atoms with Gasteiger partial charge in [0.1, 0.15) is 0 Å². The molecule has 0 aliphatic heterocycles. The van der Waals surface area contributed by atoms with Crippen LogP contribution in [0.3, 0.4) is 0 Å². The van der Waals surface area contributed by atoms with Crippen LogP contribution in [0.15, 0.2) is 6.07 Å². The minimum atomic E-state index is 0.0209. The molecule has 1 aromatic heterocycles. The van der Waals surface area contributed by atoms with Crippen LogP contribution in [0.1, 0.15) is 42.5 Å². The first-order valence-corrected chi connectivity index (χ1v) is 6.69. The smallest absolute Gasteiger partial charge is 0.253 e. The van der Waals surface area contributed by atoms with E-state index in [9.17, 15) is 4.79 Å². The number of hydrogen-bond donors (Lipinski definition) is 2. The van der Waals surface area contributed by atoms with E-state index in [-0.39, 0.29) is 5.91 Å². The standard InChI is InChI=1S/C14H25N3O/c1-6-15-10(3)9-16-14(18)13-8-11(4)17(7-2)12(13)5/h8,10,15H,6-7,9H2,1-5H3,(H,16,18)/t10-/m1/s1. The number of aryl methyl sites for hydroxylation is 1. The van der Waals surface area contributed by atoms with Gasteiger partial charge in [0.15, 0.2) is 0 Å². The van der Waals surface area contributed by atoms with E-state index in [0.717, 1.165) is 30.0 Å². The third-order valence-electron chi connectivity index (χ3n) is 3.26. The molecule has 1 atom stereocenters. The van der Waals surface area contributed by atoms with Gasteiger partial charge in [-0.25, -0.2) is 0 Å². The number of amides is 1. The minimum absolute atomic E-state index is 0.0209. The second-order valence-corrected chi connectivity index (χ2v) is 4.70. The fourth-order valence-corrected chi connectivity index (χ4v) is 2.28. The number of aromatic nitrogens is 1. The molecule has 4 heteroatoms. The molecule has 0 spiro atoms. The lowest BCUT2D eigenvalue weighted by atomic mass is 10.2. The first-order valence-electron chi connectivity index (χ1n) is 6.69. The van der Waals surface area contributed by atoms with Crippen molar-refractivity contribution in [1.29, 1.82) is 0 Å². The molecule has 0 aliphatic carbocycles. The molecule has 0 unspecified atom stereocenters. The van der Waals surface area contributed by atoms with Gasteiger partial charge >= 0.3 is 0 Å². The van der Waals surface area contributed by atoms with Crippen LogP contribution in [0.4, 0.5) is 0 Å². The normalized spacial score (nSPS) is 12.5. The Morgan fingerprint density at radius 1 is 1.39 bits per heavy atom. The SMILES string of the molecule is CCN[C@H](C)CNC(=O)c1cc(C)n(CC)c1C. The van der Waals surface area contributed by atoms with Crippen molar-refractivity contribution < 1.29 is 4.79 Å². The molecule has 1 aromatic rings. The van der Waals surface area contributed by atoms with Crippen LogP contribution in [0, 0.1) is 13.8 Å². The maximum Gasteiger partial charge on any atom is 0.253 e. The molecule has 0 bridgehead atoms. The molecule has 1 amide bonds. The summed E-state index contributed by atoms with van der Waals surface area (Å²) in [5, 5.41) is 6.25. The highest BCUT2D eigenvalue weighted by atomic mass is 16.1. The number of nitrogens with one attached hydrogen (secondary N) is 2. The van der Waals surface area contributed by atoms with E-state index in [4.69, 9.17) is 0 Å². The summed E-state index contributed by atoms with van der Waals surface area (Å²) < 4.78 is 2.16. The molecule has 0 aliphatic rings. The molecule has 0 radical (unpaired) electrons. The molecule has 0 fully saturated rings. The van der Waals surface area contributed by atoms with Gasteiger partial charge in [-0.3, -0.25) is 4.79 Å². The zero-order valence-electron chi connectivity index (χ0n) is 12.1. The fraction of sp³-hybridized carbons (Fsp3) is 0.643. The second-order valence-electron chi connectivity index (χ2n) is 4.70. The Labute approximate surface area is 110 Å². The van der Waals surface area contributed by atoms with E-state index in [2.05, 4.69) is 36.0 Å². The van der Waals surface area contributed by atoms with E-state index >= 15 is 0 Å². The van der Waals surface area contributed by atoms with Crippen molar-refractivity contribution in [2.45, 2.75) is 47.2 Å². The van der Waals surface area contributed by atoms with Gasteiger partial charge < -0.3 is 15.2 Å². The van der Waals surface area contributed by atoms with E-state index in [1.165, 1.54) is 0 Å². The molecular formula is C14H25N3O. The largest absolute Gasteiger partial charge is 0.350 e. The first-order chi connectivity index (χ1) is 8.51. The van der Waals surface area contributed by atoms with Crippen molar-refractivity contribution in [1.82, 2.24) is 15.2 Å². The van der Waals surface area contributed by atoms with Crippen LogP contribution >= 0.6 is 0 Å². The molecule has 0 saturated carbocycles. The van der Waals surface area contributed by atoms with Gasteiger partial charge in [-0.15, -0.1) is 0 Å². The Morgan fingerprint density at radius 3 is 2.56 bits per heavy atom. The van der Waals surface area contributed by atoms with Crippen molar-refractivity contribution in [3.05, 3.63) is 23.0 Å². The van der Waals surface area contributed by atoms with Crippen molar-refractivity contribution in [3.8, 4) is 0 Å². The van der Waals surface area contributed by atoms with Gasteiger partial charge in [0.05, 0.1) is 5.56 Å². The van der Waals surface area contributed by atoms with Crippen LogP contribution in [-0.2, 0) is 6.54 Å². The second kappa shape index (κ2) is 6.59. The number of carbonyl (C=O) groups is 1. The quantitative estimate of drug-likeness (QED) is 0.810. The van der Waals surface area contributed by atoms with Gasteiger partial charge in [0, 0.05) is 30.5 Å². The van der Waals surface area contributed by atoms with Gasteiger partial charge in [0.25, 0.3) is 5.91 Å². The molecule has 1 heterocycles. The Balaban J connectivity index is 2.67. The lowest BCUT2D eigenvalue weighted by Crippen LogP contribution is -2.38. The van der Waals surface area contributed by atoms with E-state index in [0.29, 0.717) is 12.6 Å². The summed E-state index contributed by atoms with van der Waals surface area (Å²) in [5.74, 6) is 0.0209. The lowest BCUT2D eigenvalue weighted by molar-refractivity contribution is 0.0949. The predicted molar refractivity (Wildman–Crippen MR) is 75.1 cm³/mol. The van der Waals surface area contributed by atoms with E-state index in [1.807, 2.05) is 19.9 Å². The lowest BCUT2D eigenvalue weighted by Gasteiger charge is -2.13. The molecule has 1 rings (SSSR count). The molecule has 0 aromatic carbocycles. The number of hydrogen-bond acceptors (Lipinski definition) is 2. The summed E-state index contributed by atoms with van der Waals surface area (Å²) >= 11 is 0. The maximum absolute atomic E-state index is 12.1. The van der Waals surface area contributed by atoms with Gasteiger partial charge in [-0.2, -0.15) is 0 Å². The Hall–Kier alpha value is -1.29. The Bertz CT molecular complexity index is 409. The van der Waals surface area contributed by atoms with Gasteiger partial charge in [-0.05, 0) is 40.3 Å². The van der Waals surface area contributed by atoms with Gasteiger partial charge in [-0.1, -0.05) is 6.92 Å². The van der Waals surface area contributed by atoms with Crippen molar-refractivity contribution in [3.63, 3.8) is 0 Å². The number of rotatable bonds is 6. The summed E-state index contributed by atoms with van der Waals surface area (Å²) in [4.78, 5) is 12.1. The highest BCUT2D eigenvalue weighted by molar-refractivity contribution is 5.95. The van der Waals surface area contributed by atoms with Crippen LogP contribution in [0.2, 0.25) is 0 Å². The van der Waals surface area contributed by atoms with Crippen molar-refractivity contribution >= 4 is 5.91 Å². The molecular weight excluding hydrogens is 226 g/mol. The van der Waals surface area contributed by atoms with Crippen LogP contribution in [0.25, 0.3) is 0 Å². The molecule has 102 valence electrons. The van der Waals surface area contributed by atoms with E-state index in [1.54, 1.807) is 0 Å². The summed E-state index contributed by atoms with van der Waals surface area (Å²) in [5.41, 5.74) is 2.97. The van der Waals surface area contributed by atoms with Gasteiger partial charge in [0.2, 0.25) is 0 Å². The number of likely N-dealkylation sites (N-methyl/N-ethyl adjacent to an activating group) is 1. The average Bonchev–Trinajstić information content (AvgIpc) is 2.62. The maximum atomic E-state index is 12.1. The van der Waals surface area contributed by atoms with Crippen LogP contribution in [-0.4, -0.2) is 29.6 Å². The minimum Gasteiger partial charge on any atom is -0.350 e. The summed E-state index contributed by atoms with van der Waals surface area (Å²) in [6.45, 7) is 12.7. The average molecular weight is 251 g/mol. The van der Waals surface area contributed by atoms with Crippen LogP contribution < -0.4 is 10.6 Å². The Morgan fingerprint density at radius 2 is 2.06 bits per heavy atom. The first kappa shape index (κ1) is 14.8. The van der Waals surface area contributed by atoms with Crippen LogP contribution in [0.5, 0.6) is 0 Å². The molecule has 2 N–H and O–H groups in total. The summed E-state index contributed by atoms with van der Waals surface area (Å²) in [6.07, 6.45) is 0. The summed E-state index contributed by atoms with van der Waals surface area (Å²) in [6, 6.07) is 2.26. The number of carbonyl (C=O) groups excluding carboxylic acids is 1.